The van der Waals surface area contributed by atoms with Crippen LogP contribution in [0, 0.1) is 22.7 Å². The van der Waals surface area contributed by atoms with Gasteiger partial charge in [0.25, 0.3) is 0 Å². The van der Waals surface area contributed by atoms with Gasteiger partial charge in [0.1, 0.15) is 12.1 Å². The van der Waals surface area contributed by atoms with E-state index in [1.807, 2.05) is 0 Å². The van der Waals surface area contributed by atoms with E-state index in [0.29, 0.717) is 0 Å². The molecule has 0 saturated carbocycles. The van der Waals surface area contributed by atoms with E-state index in [1.54, 1.807) is 12.1 Å². The Morgan fingerprint density at radius 2 is 1.35 bits per heavy atom. The summed E-state index contributed by atoms with van der Waals surface area (Å²) in [7, 11) is 0. The van der Waals surface area contributed by atoms with Crippen molar-refractivity contribution < 1.29 is 9.26 Å². The number of hydrogen-bond donors (Lipinski definition) is 2. The summed E-state index contributed by atoms with van der Waals surface area (Å²) in [4.78, 5) is 0. The molecule has 0 bridgehead atoms. The smallest absolute Gasteiger partial charge is 0.228 e. The van der Waals surface area contributed by atoms with E-state index in [9.17, 15) is 0 Å². The summed E-state index contributed by atoms with van der Waals surface area (Å²) in [6.45, 7) is 0.145. The lowest BCUT2D eigenvalue weighted by molar-refractivity contribution is 0.307. The van der Waals surface area contributed by atoms with Gasteiger partial charge in [-0.2, -0.15) is 10.5 Å². The minimum atomic E-state index is 0.0329. The van der Waals surface area contributed by atoms with E-state index in [2.05, 4.69) is 40.5 Å². The number of nitrogens with one attached hydrogen (secondary N) is 2. The van der Waals surface area contributed by atoms with Gasteiger partial charge in [0, 0.05) is 0 Å². The van der Waals surface area contributed by atoms with Crippen LogP contribution in [0.2, 0.25) is 0 Å². The number of nitriles is 2. The van der Waals surface area contributed by atoms with E-state index in [4.69, 9.17) is 10.5 Å². The van der Waals surface area contributed by atoms with Gasteiger partial charge in [0.2, 0.25) is 23.0 Å². The molecule has 0 aliphatic carbocycles. The summed E-state index contributed by atoms with van der Waals surface area (Å²) >= 11 is 0. The molecule has 0 aromatic carbocycles. The largest absolute Gasteiger partial charge is 0.347 e. The molecule has 2 rings (SSSR count). The van der Waals surface area contributed by atoms with E-state index >= 15 is 0 Å². The van der Waals surface area contributed by atoms with Crippen LogP contribution in [0.1, 0.15) is 11.4 Å². The Hall–Kier alpha value is -3.14. The maximum Gasteiger partial charge on any atom is 0.228 e. The molecular formula is C7H4N8O2. The second-order valence-corrected chi connectivity index (χ2v) is 2.68. The van der Waals surface area contributed by atoms with Crippen LogP contribution in [0.15, 0.2) is 9.26 Å². The molecule has 84 valence electrons. The fourth-order valence-electron chi connectivity index (χ4n) is 0.967. The van der Waals surface area contributed by atoms with Crippen molar-refractivity contribution in [1.29, 1.82) is 10.5 Å². The zero-order chi connectivity index (χ0) is 12.1. The van der Waals surface area contributed by atoms with Gasteiger partial charge in [-0.05, 0) is 20.6 Å². The molecule has 0 aliphatic heterocycles. The van der Waals surface area contributed by atoms with E-state index in [0.717, 1.165) is 0 Å². The summed E-state index contributed by atoms with van der Waals surface area (Å²) in [5.74, 6) is 0.380. The lowest BCUT2D eigenvalue weighted by Crippen LogP contribution is -2.13. The standard InChI is InChI=1S/C7H4N8O2/c8-1-4-6(14-16-12-4)10-3-11-7-5(2-9)13-17-15-7/h3H2,(H,10,14)(H,11,15). The Kier molecular flexibility index (Phi) is 2.80. The molecule has 10 heteroatoms. The lowest BCUT2D eigenvalue weighted by Gasteiger charge is -2.01. The summed E-state index contributed by atoms with van der Waals surface area (Å²) < 4.78 is 8.72. The van der Waals surface area contributed by atoms with Gasteiger partial charge in [0.15, 0.2) is 0 Å². The number of hydrogen-bond acceptors (Lipinski definition) is 10. The minimum Gasteiger partial charge on any atom is -0.347 e. The lowest BCUT2D eigenvalue weighted by atomic mass is 10.4. The number of nitrogens with zero attached hydrogens (tertiary/aromatic N) is 6. The molecule has 0 radical (unpaired) electrons. The normalized spacial score (nSPS) is 9.29. The number of rotatable bonds is 4. The van der Waals surface area contributed by atoms with Gasteiger partial charge in [-0.3, -0.25) is 0 Å². The maximum atomic E-state index is 8.62. The molecule has 0 fully saturated rings. The Morgan fingerprint density at radius 1 is 0.882 bits per heavy atom. The van der Waals surface area contributed by atoms with Crippen molar-refractivity contribution >= 4 is 11.6 Å². The highest BCUT2D eigenvalue weighted by Gasteiger charge is 2.10. The van der Waals surface area contributed by atoms with E-state index in [-0.39, 0.29) is 29.7 Å². The Bertz CT molecular complexity index is 535. The summed E-state index contributed by atoms with van der Waals surface area (Å²) in [6.07, 6.45) is 0. The molecule has 2 aromatic heterocycles. The van der Waals surface area contributed by atoms with Crippen LogP contribution in [-0.2, 0) is 0 Å². The Morgan fingerprint density at radius 3 is 1.76 bits per heavy atom. The average Bonchev–Trinajstić information content (AvgIpc) is 2.97. The van der Waals surface area contributed by atoms with Crippen LogP contribution in [0.5, 0.6) is 0 Å². The Balaban J connectivity index is 1.93. The molecule has 2 aromatic rings. The van der Waals surface area contributed by atoms with E-state index in [1.165, 1.54) is 0 Å². The highest BCUT2D eigenvalue weighted by Crippen LogP contribution is 2.09. The zero-order valence-corrected chi connectivity index (χ0v) is 8.21. The van der Waals surface area contributed by atoms with Gasteiger partial charge in [-0.25, -0.2) is 9.26 Å². The molecular weight excluding hydrogens is 228 g/mol. The summed E-state index contributed by atoms with van der Waals surface area (Å²) in [5, 5.41) is 36.3. The highest BCUT2D eigenvalue weighted by molar-refractivity contribution is 5.49. The maximum absolute atomic E-state index is 8.62. The molecule has 0 saturated heterocycles. The van der Waals surface area contributed by atoms with Crippen LogP contribution in [0.4, 0.5) is 11.6 Å². The van der Waals surface area contributed by atoms with E-state index < -0.39 is 0 Å². The SMILES string of the molecule is N#Cc1nonc1NCNc1nonc1C#N. The molecule has 0 atom stereocenters. The van der Waals surface area contributed by atoms with Crippen LogP contribution >= 0.6 is 0 Å². The number of aromatic nitrogens is 4. The van der Waals surface area contributed by atoms with Crippen LogP contribution < -0.4 is 10.6 Å². The minimum absolute atomic E-state index is 0.0329. The molecule has 0 unspecified atom stereocenters. The first-order valence-corrected chi connectivity index (χ1v) is 4.28. The summed E-state index contributed by atoms with van der Waals surface area (Å²) in [5.41, 5.74) is 0.0659. The van der Waals surface area contributed by atoms with Crippen molar-refractivity contribution in [2.24, 2.45) is 0 Å². The third-order valence-corrected chi connectivity index (χ3v) is 1.70. The van der Waals surface area contributed by atoms with Gasteiger partial charge in [0.05, 0.1) is 6.67 Å². The topological polar surface area (TPSA) is 149 Å². The van der Waals surface area contributed by atoms with Gasteiger partial charge in [-0.1, -0.05) is 0 Å². The van der Waals surface area contributed by atoms with Crippen LogP contribution in [-0.4, -0.2) is 27.3 Å². The van der Waals surface area contributed by atoms with Crippen molar-refractivity contribution in [2.75, 3.05) is 17.3 Å². The molecule has 0 spiro atoms. The predicted molar refractivity (Wildman–Crippen MR) is 50.1 cm³/mol. The molecule has 10 nitrogen and oxygen atoms in total. The first kappa shape index (κ1) is 10.4. The van der Waals surface area contributed by atoms with Crippen molar-refractivity contribution in [1.82, 2.24) is 20.6 Å². The van der Waals surface area contributed by atoms with Gasteiger partial charge in [-0.15, -0.1) is 0 Å². The van der Waals surface area contributed by atoms with Crippen molar-refractivity contribution in [3.05, 3.63) is 11.4 Å². The fraction of sp³-hybridized carbons (Fsp3) is 0.143. The first-order valence-electron chi connectivity index (χ1n) is 4.28. The summed E-state index contributed by atoms with van der Waals surface area (Å²) in [6, 6.07) is 3.57. The molecule has 17 heavy (non-hydrogen) atoms. The molecule has 2 N–H and O–H groups in total. The van der Waals surface area contributed by atoms with Gasteiger partial charge >= 0.3 is 0 Å². The fourth-order valence-corrected chi connectivity index (χ4v) is 0.967. The van der Waals surface area contributed by atoms with Crippen LogP contribution in [0.25, 0.3) is 0 Å². The molecule has 0 amide bonds. The van der Waals surface area contributed by atoms with Crippen molar-refractivity contribution in [3.63, 3.8) is 0 Å². The van der Waals surface area contributed by atoms with Crippen molar-refractivity contribution in [3.8, 4) is 12.1 Å². The van der Waals surface area contributed by atoms with Gasteiger partial charge < -0.3 is 10.6 Å². The number of anilines is 2. The third-order valence-electron chi connectivity index (χ3n) is 1.70. The van der Waals surface area contributed by atoms with Crippen molar-refractivity contribution in [2.45, 2.75) is 0 Å². The molecule has 2 heterocycles. The second-order valence-electron chi connectivity index (χ2n) is 2.68. The zero-order valence-electron chi connectivity index (χ0n) is 8.21. The predicted octanol–water partition coefficient (Wildman–Crippen LogP) is -0.323. The molecule has 0 aliphatic rings. The third kappa shape index (κ3) is 2.10. The second kappa shape index (κ2) is 4.59. The highest BCUT2D eigenvalue weighted by atomic mass is 16.6. The first-order chi connectivity index (χ1) is 8.35. The van der Waals surface area contributed by atoms with Crippen LogP contribution in [0.3, 0.4) is 0 Å². The Labute approximate surface area is 93.7 Å². The average molecular weight is 232 g/mol. The monoisotopic (exact) mass is 232 g/mol. The quantitative estimate of drug-likeness (QED) is 0.671.